The Hall–Kier alpha value is -0.890. The van der Waals surface area contributed by atoms with Gasteiger partial charge in [-0.05, 0) is 24.0 Å². The van der Waals surface area contributed by atoms with Crippen molar-refractivity contribution in [1.82, 2.24) is 0 Å². The Labute approximate surface area is 77.4 Å². The lowest BCUT2D eigenvalue weighted by atomic mass is 10.2. The van der Waals surface area contributed by atoms with Crippen molar-refractivity contribution in [2.45, 2.75) is 4.90 Å². The molecule has 0 atom stereocenters. The molecule has 0 aliphatic rings. The lowest BCUT2D eigenvalue weighted by molar-refractivity contribution is 0.405. The Balaban J connectivity index is 3.10. The highest BCUT2D eigenvalue weighted by Gasteiger charge is 2.00. The Kier molecular flexibility index (Phi) is 3.23. The predicted octanol–water partition coefficient (Wildman–Crippen LogP) is 3.06. The van der Waals surface area contributed by atoms with Gasteiger partial charge in [-0.2, -0.15) is 0 Å². The molecule has 0 aliphatic carbocycles. The number of hydrogen-bond donors (Lipinski definition) is 0. The number of thioether (sulfide) groups is 1. The topological polar surface area (TPSA) is 9.23 Å². The summed E-state index contributed by atoms with van der Waals surface area (Å²) in [7, 11) is 1.68. The van der Waals surface area contributed by atoms with Gasteiger partial charge in [0, 0.05) is 4.90 Å². The zero-order chi connectivity index (χ0) is 8.97. The smallest absolute Gasteiger partial charge is 0.132 e. The molecular weight excluding hydrogens is 168 g/mol. The Morgan fingerprint density at radius 1 is 1.50 bits per heavy atom. The second-order valence-electron chi connectivity index (χ2n) is 2.32. The van der Waals surface area contributed by atoms with Crippen LogP contribution in [0, 0.1) is 0 Å². The Morgan fingerprint density at radius 3 is 2.75 bits per heavy atom. The first-order chi connectivity index (χ1) is 5.81. The molecule has 0 radical (unpaired) electrons. The van der Waals surface area contributed by atoms with Gasteiger partial charge in [0.15, 0.2) is 0 Å². The molecule has 1 aromatic carbocycles. The second kappa shape index (κ2) is 4.21. The minimum absolute atomic E-state index is 0.917. The largest absolute Gasteiger partial charge is 0.496 e. The molecule has 0 saturated heterocycles. The van der Waals surface area contributed by atoms with E-state index < -0.39 is 0 Å². The van der Waals surface area contributed by atoms with E-state index in [0.717, 1.165) is 16.2 Å². The molecular formula is C10H12OS. The molecule has 0 fully saturated rings. The zero-order valence-corrected chi connectivity index (χ0v) is 8.15. The lowest BCUT2D eigenvalue weighted by Gasteiger charge is -2.06. The number of rotatable bonds is 3. The van der Waals surface area contributed by atoms with Crippen LogP contribution in [0.3, 0.4) is 0 Å². The molecule has 64 valence electrons. The average molecular weight is 180 g/mol. The van der Waals surface area contributed by atoms with E-state index in [1.165, 1.54) is 0 Å². The maximum absolute atomic E-state index is 5.21. The van der Waals surface area contributed by atoms with Crippen molar-refractivity contribution in [3.8, 4) is 5.75 Å². The van der Waals surface area contributed by atoms with E-state index >= 15 is 0 Å². The van der Waals surface area contributed by atoms with Gasteiger partial charge in [-0.1, -0.05) is 18.7 Å². The van der Waals surface area contributed by atoms with Crippen molar-refractivity contribution in [3.05, 3.63) is 30.3 Å². The summed E-state index contributed by atoms with van der Waals surface area (Å²) >= 11 is 1.68. The van der Waals surface area contributed by atoms with Crippen LogP contribution in [0.1, 0.15) is 5.56 Å². The van der Waals surface area contributed by atoms with Crippen molar-refractivity contribution in [3.63, 3.8) is 0 Å². The van der Waals surface area contributed by atoms with Crippen molar-refractivity contribution in [2.24, 2.45) is 0 Å². The lowest BCUT2D eigenvalue weighted by Crippen LogP contribution is -1.86. The van der Waals surface area contributed by atoms with Crippen LogP contribution >= 0.6 is 11.8 Å². The van der Waals surface area contributed by atoms with E-state index in [1.807, 2.05) is 30.5 Å². The Bertz CT molecular complexity index is 281. The van der Waals surface area contributed by atoms with Crippen LogP contribution in [-0.4, -0.2) is 13.4 Å². The third kappa shape index (κ3) is 1.83. The fourth-order valence-corrected chi connectivity index (χ4v) is 1.53. The number of hydrogen-bond acceptors (Lipinski definition) is 2. The van der Waals surface area contributed by atoms with Crippen LogP contribution in [-0.2, 0) is 0 Å². The van der Waals surface area contributed by atoms with Crippen LogP contribution in [0.2, 0.25) is 0 Å². The monoisotopic (exact) mass is 180 g/mol. The quantitative estimate of drug-likeness (QED) is 0.661. The van der Waals surface area contributed by atoms with Gasteiger partial charge in [-0.3, -0.25) is 0 Å². The molecule has 0 aromatic heterocycles. The Morgan fingerprint density at radius 2 is 2.25 bits per heavy atom. The molecule has 0 saturated carbocycles. The highest BCUT2D eigenvalue weighted by Crippen LogP contribution is 2.28. The number of benzene rings is 1. The van der Waals surface area contributed by atoms with Gasteiger partial charge in [0.25, 0.3) is 0 Å². The molecule has 2 heteroatoms. The average Bonchev–Trinajstić information content (AvgIpc) is 2.16. The second-order valence-corrected chi connectivity index (χ2v) is 3.17. The summed E-state index contributed by atoms with van der Waals surface area (Å²) in [6.07, 6.45) is 3.85. The molecule has 0 spiro atoms. The molecule has 1 aromatic rings. The molecule has 0 bridgehead atoms. The van der Waals surface area contributed by atoms with Crippen LogP contribution in [0.5, 0.6) is 5.75 Å². The van der Waals surface area contributed by atoms with E-state index in [0.29, 0.717) is 0 Å². The molecule has 1 nitrogen and oxygen atoms in total. The van der Waals surface area contributed by atoms with Gasteiger partial charge in [-0.15, -0.1) is 11.8 Å². The predicted molar refractivity (Wildman–Crippen MR) is 54.9 cm³/mol. The first kappa shape index (κ1) is 9.20. The van der Waals surface area contributed by atoms with Crippen molar-refractivity contribution in [1.29, 1.82) is 0 Å². The summed E-state index contributed by atoms with van der Waals surface area (Å²) in [4.78, 5) is 1.16. The molecule has 0 aliphatic heterocycles. The SMILES string of the molecule is C=Cc1ccc(SC)c(OC)c1. The maximum Gasteiger partial charge on any atom is 0.132 e. The summed E-state index contributed by atoms with van der Waals surface area (Å²) in [6, 6.07) is 6.06. The highest BCUT2D eigenvalue weighted by atomic mass is 32.2. The number of methoxy groups -OCH3 is 1. The van der Waals surface area contributed by atoms with Crippen molar-refractivity contribution >= 4 is 17.8 Å². The highest BCUT2D eigenvalue weighted by molar-refractivity contribution is 7.98. The van der Waals surface area contributed by atoms with Crippen LogP contribution in [0.25, 0.3) is 6.08 Å². The summed E-state index contributed by atoms with van der Waals surface area (Å²) in [5, 5.41) is 0. The van der Waals surface area contributed by atoms with Crippen molar-refractivity contribution < 1.29 is 4.74 Å². The normalized spacial score (nSPS) is 9.50. The first-order valence-corrected chi connectivity index (χ1v) is 4.88. The summed E-state index contributed by atoms with van der Waals surface area (Å²) in [5.41, 5.74) is 1.09. The van der Waals surface area contributed by atoms with E-state index in [1.54, 1.807) is 18.9 Å². The van der Waals surface area contributed by atoms with Gasteiger partial charge in [-0.25, -0.2) is 0 Å². The minimum atomic E-state index is 0.917. The fraction of sp³-hybridized carbons (Fsp3) is 0.200. The van der Waals surface area contributed by atoms with Gasteiger partial charge >= 0.3 is 0 Å². The van der Waals surface area contributed by atoms with Gasteiger partial charge in [0.05, 0.1) is 7.11 Å². The zero-order valence-electron chi connectivity index (χ0n) is 7.33. The van der Waals surface area contributed by atoms with Crippen molar-refractivity contribution in [2.75, 3.05) is 13.4 Å². The standard InChI is InChI=1S/C10H12OS/c1-4-8-5-6-10(12-3)9(7-8)11-2/h4-7H,1H2,2-3H3. The van der Waals surface area contributed by atoms with E-state index in [4.69, 9.17) is 4.74 Å². The first-order valence-electron chi connectivity index (χ1n) is 3.66. The molecule has 12 heavy (non-hydrogen) atoms. The number of ether oxygens (including phenoxy) is 1. The van der Waals surface area contributed by atoms with Gasteiger partial charge < -0.3 is 4.74 Å². The minimum Gasteiger partial charge on any atom is -0.496 e. The third-order valence-corrected chi connectivity index (χ3v) is 2.42. The van der Waals surface area contributed by atoms with Crippen LogP contribution in [0.15, 0.2) is 29.7 Å². The maximum atomic E-state index is 5.21. The third-order valence-electron chi connectivity index (χ3n) is 1.64. The molecule has 0 heterocycles. The van der Waals surface area contributed by atoms with Crippen LogP contribution < -0.4 is 4.74 Å². The molecule has 0 N–H and O–H groups in total. The van der Waals surface area contributed by atoms with Gasteiger partial charge in [0.1, 0.15) is 5.75 Å². The van der Waals surface area contributed by atoms with Gasteiger partial charge in [0.2, 0.25) is 0 Å². The molecule has 0 amide bonds. The fourth-order valence-electron chi connectivity index (χ4n) is 0.980. The van der Waals surface area contributed by atoms with E-state index in [2.05, 4.69) is 6.58 Å². The molecule has 1 rings (SSSR count). The van der Waals surface area contributed by atoms with E-state index in [-0.39, 0.29) is 0 Å². The summed E-state index contributed by atoms with van der Waals surface area (Å²) in [6.45, 7) is 3.70. The summed E-state index contributed by atoms with van der Waals surface area (Å²) in [5.74, 6) is 0.917. The van der Waals surface area contributed by atoms with E-state index in [9.17, 15) is 0 Å². The van der Waals surface area contributed by atoms with Crippen LogP contribution in [0.4, 0.5) is 0 Å². The summed E-state index contributed by atoms with van der Waals surface area (Å²) < 4.78 is 5.21. The molecule has 0 unspecified atom stereocenters.